The molecular formula is C19H19NO7. The predicted octanol–water partition coefficient (Wildman–Crippen LogP) is 3.14. The van der Waals surface area contributed by atoms with Gasteiger partial charge in [0.15, 0.2) is 5.78 Å². The number of hydrogen-bond acceptors (Lipinski definition) is 7. The van der Waals surface area contributed by atoms with E-state index in [1.54, 1.807) is 6.92 Å². The largest absolute Gasteiger partial charge is 0.462 e. The monoisotopic (exact) mass is 373 g/mol. The number of ketones is 1. The van der Waals surface area contributed by atoms with E-state index in [-0.39, 0.29) is 40.7 Å². The van der Waals surface area contributed by atoms with E-state index in [0.717, 1.165) is 0 Å². The Hall–Kier alpha value is -3.42. The first-order chi connectivity index (χ1) is 12.7. The number of carbonyl (C=O) groups is 4. The molecule has 0 bridgehead atoms. The van der Waals surface area contributed by atoms with Crippen LogP contribution in [-0.4, -0.2) is 30.2 Å². The van der Waals surface area contributed by atoms with E-state index in [4.69, 9.17) is 13.9 Å². The molecule has 0 aliphatic rings. The van der Waals surface area contributed by atoms with Crippen LogP contribution < -0.4 is 10.1 Å². The van der Waals surface area contributed by atoms with Crippen LogP contribution in [0.5, 0.6) is 5.75 Å². The van der Waals surface area contributed by atoms with Crippen molar-refractivity contribution >= 4 is 29.5 Å². The van der Waals surface area contributed by atoms with Crippen LogP contribution >= 0.6 is 0 Å². The number of esters is 2. The highest BCUT2D eigenvalue weighted by Crippen LogP contribution is 2.29. The van der Waals surface area contributed by atoms with Crippen molar-refractivity contribution in [3.8, 4) is 5.75 Å². The van der Waals surface area contributed by atoms with E-state index in [9.17, 15) is 19.2 Å². The molecule has 1 N–H and O–H groups in total. The van der Waals surface area contributed by atoms with Gasteiger partial charge in [-0.25, -0.2) is 4.79 Å². The number of Topliss-reactive ketones (excluding diaryl/α,β-unsaturated/α-hetero) is 1. The maximum atomic E-state index is 12.5. The Kier molecular flexibility index (Phi) is 6.12. The van der Waals surface area contributed by atoms with Crippen LogP contribution in [0.1, 0.15) is 57.6 Å². The lowest BCUT2D eigenvalue weighted by Crippen LogP contribution is -2.16. The highest BCUT2D eigenvalue weighted by Gasteiger charge is 2.29. The molecule has 0 aliphatic carbocycles. The van der Waals surface area contributed by atoms with Gasteiger partial charge in [-0.2, -0.15) is 0 Å². The van der Waals surface area contributed by atoms with Crippen LogP contribution in [-0.2, 0) is 9.53 Å². The molecule has 0 atom stereocenters. The van der Waals surface area contributed by atoms with Crippen molar-refractivity contribution < 1.29 is 33.1 Å². The molecule has 0 saturated carbocycles. The van der Waals surface area contributed by atoms with Crippen molar-refractivity contribution in [1.82, 2.24) is 0 Å². The number of rotatable bonds is 6. The lowest BCUT2D eigenvalue weighted by Gasteiger charge is -2.07. The lowest BCUT2D eigenvalue weighted by atomic mass is 10.1. The van der Waals surface area contributed by atoms with Gasteiger partial charge in [-0.3, -0.25) is 19.7 Å². The molecule has 2 aromatic rings. The minimum absolute atomic E-state index is 0.0532. The molecule has 1 heterocycles. The fourth-order valence-corrected chi connectivity index (χ4v) is 2.50. The first-order valence-corrected chi connectivity index (χ1v) is 8.15. The van der Waals surface area contributed by atoms with Gasteiger partial charge < -0.3 is 13.9 Å². The minimum atomic E-state index is -0.775. The molecule has 0 spiro atoms. The van der Waals surface area contributed by atoms with Crippen molar-refractivity contribution in [3.05, 3.63) is 46.7 Å². The van der Waals surface area contributed by atoms with E-state index >= 15 is 0 Å². The SMILES string of the molecule is CCOC(=O)c1c(NC(=O)c2cccc(OC(C)=O)c2)oc(C)c1C(C)=O. The first-order valence-electron chi connectivity index (χ1n) is 8.15. The summed E-state index contributed by atoms with van der Waals surface area (Å²) in [5.41, 5.74) is 0.0886. The average molecular weight is 373 g/mol. The molecule has 0 unspecified atom stereocenters. The number of ether oxygens (including phenoxy) is 2. The molecule has 27 heavy (non-hydrogen) atoms. The molecule has 142 valence electrons. The number of nitrogens with one attached hydrogen (secondary N) is 1. The Morgan fingerprint density at radius 1 is 1.11 bits per heavy atom. The second kappa shape index (κ2) is 8.31. The van der Waals surface area contributed by atoms with E-state index in [2.05, 4.69) is 5.32 Å². The van der Waals surface area contributed by atoms with Gasteiger partial charge in [-0.15, -0.1) is 0 Å². The number of hydrogen-bond donors (Lipinski definition) is 1. The van der Waals surface area contributed by atoms with Crippen LogP contribution in [0.25, 0.3) is 0 Å². The summed E-state index contributed by atoms with van der Waals surface area (Å²) in [7, 11) is 0. The summed E-state index contributed by atoms with van der Waals surface area (Å²) in [4.78, 5) is 47.7. The van der Waals surface area contributed by atoms with Crippen LogP contribution in [0.4, 0.5) is 5.88 Å². The van der Waals surface area contributed by atoms with Crippen molar-refractivity contribution in [2.45, 2.75) is 27.7 Å². The topological polar surface area (TPSA) is 112 Å². The Morgan fingerprint density at radius 3 is 2.41 bits per heavy atom. The summed E-state index contributed by atoms with van der Waals surface area (Å²) < 4.78 is 15.3. The van der Waals surface area contributed by atoms with E-state index < -0.39 is 23.6 Å². The van der Waals surface area contributed by atoms with Gasteiger partial charge in [0.25, 0.3) is 5.91 Å². The minimum Gasteiger partial charge on any atom is -0.462 e. The van der Waals surface area contributed by atoms with E-state index in [1.807, 2.05) is 0 Å². The third kappa shape index (κ3) is 4.60. The average Bonchev–Trinajstić information content (AvgIpc) is 2.90. The summed E-state index contributed by atoms with van der Waals surface area (Å²) in [6.07, 6.45) is 0. The molecule has 0 fully saturated rings. The highest BCUT2D eigenvalue weighted by molar-refractivity contribution is 6.12. The number of aryl methyl sites for hydroxylation is 1. The van der Waals surface area contributed by atoms with E-state index in [0.29, 0.717) is 0 Å². The molecule has 8 heteroatoms. The summed E-state index contributed by atoms with van der Waals surface area (Å²) >= 11 is 0. The molecule has 1 aromatic carbocycles. The fourth-order valence-electron chi connectivity index (χ4n) is 2.50. The maximum Gasteiger partial charge on any atom is 0.344 e. The van der Waals surface area contributed by atoms with Crippen molar-refractivity contribution in [1.29, 1.82) is 0 Å². The van der Waals surface area contributed by atoms with Gasteiger partial charge in [0.2, 0.25) is 5.88 Å². The predicted molar refractivity (Wildman–Crippen MR) is 95.1 cm³/mol. The van der Waals surface area contributed by atoms with Crippen LogP contribution in [0.15, 0.2) is 28.7 Å². The van der Waals surface area contributed by atoms with Gasteiger partial charge in [-0.05, 0) is 39.0 Å². The van der Waals surface area contributed by atoms with Crippen molar-refractivity contribution in [2.24, 2.45) is 0 Å². The summed E-state index contributed by atoms with van der Waals surface area (Å²) in [6.45, 7) is 5.76. The number of benzene rings is 1. The van der Waals surface area contributed by atoms with Crippen molar-refractivity contribution in [2.75, 3.05) is 11.9 Å². The molecule has 1 aromatic heterocycles. The molecule has 0 radical (unpaired) electrons. The molecule has 2 rings (SSSR count). The third-order valence-electron chi connectivity index (χ3n) is 3.50. The molecule has 8 nitrogen and oxygen atoms in total. The second-order valence-electron chi connectivity index (χ2n) is 5.59. The van der Waals surface area contributed by atoms with Crippen molar-refractivity contribution in [3.63, 3.8) is 0 Å². The van der Waals surface area contributed by atoms with Gasteiger partial charge >= 0.3 is 11.9 Å². The van der Waals surface area contributed by atoms with Gasteiger partial charge in [0, 0.05) is 12.5 Å². The zero-order valence-electron chi connectivity index (χ0n) is 15.4. The Morgan fingerprint density at radius 2 is 1.81 bits per heavy atom. The Balaban J connectivity index is 2.38. The standard InChI is InChI=1S/C19H19NO7/c1-5-25-19(24)16-15(10(2)21)11(3)26-18(16)20-17(23)13-7-6-8-14(9-13)27-12(4)22/h6-9H,5H2,1-4H3,(H,20,23). The number of anilines is 1. The molecule has 1 amide bonds. The van der Waals surface area contributed by atoms with E-state index in [1.165, 1.54) is 45.0 Å². The molecule has 0 aliphatic heterocycles. The first kappa shape index (κ1) is 19.9. The lowest BCUT2D eigenvalue weighted by molar-refractivity contribution is -0.131. The third-order valence-corrected chi connectivity index (χ3v) is 3.50. The van der Waals surface area contributed by atoms with Gasteiger partial charge in [-0.1, -0.05) is 6.07 Å². The van der Waals surface area contributed by atoms with Crippen LogP contribution in [0, 0.1) is 6.92 Å². The maximum absolute atomic E-state index is 12.5. The summed E-state index contributed by atoms with van der Waals surface area (Å²) in [5, 5.41) is 2.46. The van der Waals surface area contributed by atoms with Gasteiger partial charge in [0.1, 0.15) is 17.1 Å². The number of carbonyl (C=O) groups excluding carboxylic acids is 4. The smallest absolute Gasteiger partial charge is 0.344 e. The Bertz CT molecular complexity index is 911. The molecular weight excluding hydrogens is 354 g/mol. The zero-order chi connectivity index (χ0) is 20.1. The van der Waals surface area contributed by atoms with Crippen LogP contribution in [0.2, 0.25) is 0 Å². The van der Waals surface area contributed by atoms with Crippen LogP contribution in [0.3, 0.4) is 0 Å². The fraction of sp³-hybridized carbons (Fsp3) is 0.263. The zero-order valence-corrected chi connectivity index (χ0v) is 15.4. The normalized spacial score (nSPS) is 10.2. The second-order valence-corrected chi connectivity index (χ2v) is 5.59. The number of amides is 1. The summed E-state index contributed by atoms with van der Waals surface area (Å²) in [6, 6.07) is 5.91. The van der Waals surface area contributed by atoms with Gasteiger partial charge in [0.05, 0.1) is 12.2 Å². The quantitative estimate of drug-likeness (QED) is 0.470. The Labute approximate surface area is 155 Å². The highest BCUT2D eigenvalue weighted by atomic mass is 16.5. The molecule has 0 saturated heterocycles. The summed E-state index contributed by atoms with van der Waals surface area (Å²) in [5.74, 6) is -2.10. The number of furan rings is 1.